The van der Waals surface area contributed by atoms with Crippen LogP contribution in [-0.4, -0.2) is 50.3 Å². The van der Waals surface area contributed by atoms with Crippen LogP contribution in [0.5, 0.6) is 5.75 Å². The van der Waals surface area contributed by atoms with Gasteiger partial charge < -0.3 is 9.64 Å². The summed E-state index contributed by atoms with van der Waals surface area (Å²) < 4.78 is 32.8. The number of hydrogen-bond donors (Lipinski definition) is 0. The molecule has 0 radical (unpaired) electrons. The number of methoxy groups -OCH3 is 1. The van der Waals surface area contributed by atoms with Crippen LogP contribution < -0.4 is 4.74 Å². The van der Waals surface area contributed by atoms with E-state index in [1.807, 2.05) is 6.92 Å². The zero-order chi connectivity index (χ0) is 21.9. The normalized spacial score (nSPS) is 17.5. The highest BCUT2D eigenvalue weighted by Gasteiger charge is 2.31. The van der Waals surface area contributed by atoms with Gasteiger partial charge in [0.2, 0.25) is 10.0 Å². The number of carbonyl (C=O) groups is 1. The van der Waals surface area contributed by atoms with Gasteiger partial charge in [0, 0.05) is 42.3 Å². The Balaban J connectivity index is 1.75. The Morgan fingerprint density at radius 1 is 1.20 bits per heavy atom. The topological polar surface area (TPSA) is 66.9 Å². The first-order valence-electron chi connectivity index (χ1n) is 9.94. The smallest absolute Gasteiger partial charge is 0.253 e. The maximum absolute atomic E-state index is 13.0. The number of nitrogens with zero attached hydrogens (tertiary/aromatic N) is 2. The van der Waals surface area contributed by atoms with Gasteiger partial charge in [0.15, 0.2) is 0 Å². The minimum Gasteiger partial charge on any atom is -0.496 e. The summed E-state index contributed by atoms with van der Waals surface area (Å²) in [7, 11) is -0.309. The van der Waals surface area contributed by atoms with E-state index in [1.165, 1.54) is 12.1 Å². The number of piperidine rings is 1. The summed E-state index contributed by atoms with van der Waals surface area (Å²) in [5.74, 6) is 0.434. The first-order chi connectivity index (χ1) is 14.2. The van der Waals surface area contributed by atoms with Crippen molar-refractivity contribution in [3.05, 3.63) is 58.6 Å². The lowest BCUT2D eigenvalue weighted by atomic mass is 10.1. The van der Waals surface area contributed by atoms with Crippen LogP contribution in [-0.2, 0) is 16.6 Å². The Labute approximate surface area is 183 Å². The second kappa shape index (κ2) is 9.37. The average molecular weight is 451 g/mol. The molecule has 1 saturated heterocycles. The van der Waals surface area contributed by atoms with Gasteiger partial charge in [0.1, 0.15) is 5.75 Å². The number of hydrogen-bond acceptors (Lipinski definition) is 4. The molecule has 0 N–H and O–H groups in total. The molecule has 0 saturated carbocycles. The molecule has 0 aromatic heterocycles. The van der Waals surface area contributed by atoms with Crippen LogP contribution in [0.3, 0.4) is 0 Å². The molecular weight excluding hydrogens is 424 g/mol. The van der Waals surface area contributed by atoms with Gasteiger partial charge >= 0.3 is 0 Å². The van der Waals surface area contributed by atoms with Crippen LogP contribution in [0.4, 0.5) is 0 Å². The highest BCUT2D eigenvalue weighted by atomic mass is 35.5. The van der Waals surface area contributed by atoms with Crippen molar-refractivity contribution in [2.24, 2.45) is 0 Å². The largest absolute Gasteiger partial charge is 0.496 e. The quantitative estimate of drug-likeness (QED) is 0.662. The predicted octanol–water partition coefficient (Wildman–Crippen LogP) is 4.18. The third-order valence-corrected chi connectivity index (χ3v) is 7.71. The molecule has 1 fully saturated rings. The van der Waals surface area contributed by atoms with Crippen molar-refractivity contribution in [1.29, 1.82) is 0 Å². The summed E-state index contributed by atoms with van der Waals surface area (Å²) in [6.45, 7) is 2.79. The molecule has 1 aliphatic rings. The summed E-state index contributed by atoms with van der Waals surface area (Å²) in [6, 6.07) is 11.4. The van der Waals surface area contributed by atoms with E-state index in [0.29, 0.717) is 29.4 Å². The summed E-state index contributed by atoms with van der Waals surface area (Å²) in [5.41, 5.74) is 1.21. The molecule has 0 bridgehead atoms. The first kappa shape index (κ1) is 22.6. The van der Waals surface area contributed by atoms with E-state index in [0.717, 1.165) is 24.8 Å². The molecule has 2 aromatic rings. The van der Waals surface area contributed by atoms with Crippen molar-refractivity contribution in [1.82, 2.24) is 9.21 Å². The van der Waals surface area contributed by atoms with Gasteiger partial charge in [0.05, 0.1) is 12.0 Å². The molecule has 1 atom stereocenters. The third-order valence-electron chi connectivity index (χ3n) is 5.45. The van der Waals surface area contributed by atoms with Gasteiger partial charge in [-0.1, -0.05) is 18.0 Å². The SMILES string of the molecule is COc1ccc(Cl)cc1CN(C)C(=O)c1ccc(S(=O)(=O)N2CCCCC2C)cc1. The van der Waals surface area contributed by atoms with E-state index >= 15 is 0 Å². The standard InChI is InChI=1S/C22H27ClN2O4S/c1-16-6-4-5-13-25(16)30(27,28)20-10-7-17(8-11-20)22(26)24(2)15-18-14-19(23)9-12-21(18)29-3/h7-12,14,16H,4-6,13,15H2,1-3H3. The van der Waals surface area contributed by atoms with E-state index < -0.39 is 10.0 Å². The molecule has 3 rings (SSSR count). The lowest BCUT2D eigenvalue weighted by Crippen LogP contribution is -2.41. The minimum atomic E-state index is -3.56. The van der Waals surface area contributed by atoms with Crippen molar-refractivity contribution in [2.45, 2.75) is 43.7 Å². The summed E-state index contributed by atoms with van der Waals surface area (Å²) in [4.78, 5) is 14.6. The molecule has 2 aromatic carbocycles. The highest BCUT2D eigenvalue weighted by Crippen LogP contribution is 2.26. The summed E-state index contributed by atoms with van der Waals surface area (Å²) in [6.07, 6.45) is 2.79. The highest BCUT2D eigenvalue weighted by molar-refractivity contribution is 7.89. The van der Waals surface area contributed by atoms with Crippen molar-refractivity contribution >= 4 is 27.5 Å². The van der Waals surface area contributed by atoms with Crippen LogP contribution in [0.15, 0.2) is 47.4 Å². The lowest BCUT2D eigenvalue weighted by Gasteiger charge is -2.32. The lowest BCUT2D eigenvalue weighted by molar-refractivity contribution is 0.0784. The first-order valence-corrected chi connectivity index (χ1v) is 11.8. The minimum absolute atomic E-state index is 0.0103. The van der Waals surface area contributed by atoms with Gasteiger partial charge in [-0.2, -0.15) is 4.31 Å². The van der Waals surface area contributed by atoms with Crippen LogP contribution >= 0.6 is 11.6 Å². The molecule has 1 heterocycles. The predicted molar refractivity (Wildman–Crippen MR) is 117 cm³/mol. The van der Waals surface area contributed by atoms with E-state index in [4.69, 9.17) is 16.3 Å². The van der Waals surface area contributed by atoms with Crippen molar-refractivity contribution in [2.75, 3.05) is 20.7 Å². The van der Waals surface area contributed by atoms with Gasteiger partial charge in [-0.15, -0.1) is 0 Å². The van der Waals surface area contributed by atoms with Gasteiger partial charge in [0.25, 0.3) is 5.91 Å². The van der Waals surface area contributed by atoms with Crippen LogP contribution in [0.1, 0.15) is 42.1 Å². The maximum atomic E-state index is 13.0. The van der Waals surface area contributed by atoms with Crippen molar-refractivity contribution in [3.63, 3.8) is 0 Å². The van der Waals surface area contributed by atoms with E-state index in [2.05, 4.69) is 0 Å². The Hall–Kier alpha value is -2.09. The molecule has 6 nitrogen and oxygen atoms in total. The van der Waals surface area contributed by atoms with E-state index in [1.54, 1.807) is 53.7 Å². The average Bonchev–Trinajstić information content (AvgIpc) is 2.73. The van der Waals surface area contributed by atoms with Crippen LogP contribution in [0.2, 0.25) is 5.02 Å². The van der Waals surface area contributed by atoms with Crippen molar-refractivity contribution in [3.8, 4) is 5.75 Å². The van der Waals surface area contributed by atoms with Crippen LogP contribution in [0, 0.1) is 0 Å². The second-order valence-corrected chi connectivity index (χ2v) is 9.93. The molecule has 0 spiro atoms. The molecule has 1 aliphatic heterocycles. The fourth-order valence-corrected chi connectivity index (χ4v) is 5.65. The molecular formula is C22H27ClN2O4S. The zero-order valence-corrected chi connectivity index (χ0v) is 19.0. The number of carbonyl (C=O) groups excluding carboxylic acids is 1. The van der Waals surface area contributed by atoms with E-state index in [9.17, 15) is 13.2 Å². The van der Waals surface area contributed by atoms with Crippen molar-refractivity contribution < 1.29 is 17.9 Å². The Morgan fingerprint density at radius 2 is 1.90 bits per heavy atom. The van der Waals surface area contributed by atoms with Gasteiger partial charge in [-0.3, -0.25) is 4.79 Å². The summed E-state index contributed by atoms with van der Waals surface area (Å²) >= 11 is 6.07. The summed E-state index contributed by atoms with van der Waals surface area (Å²) in [5, 5.41) is 0.563. The molecule has 30 heavy (non-hydrogen) atoms. The number of benzene rings is 2. The van der Waals surface area contributed by atoms with Gasteiger partial charge in [-0.05, 0) is 62.2 Å². The number of ether oxygens (including phenoxy) is 1. The van der Waals surface area contributed by atoms with E-state index in [-0.39, 0.29) is 16.8 Å². The molecule has 1 amide bonds. The molecule has 8 heteroatoms. The number of sulfonamides is 1. The number of amides is 1. The van der Waals surface area contributed by atoms with Crippen LogP contribution in [0.25, 0.3) is 0 Å². The maximum Gasteiger partial charge on any atom is 0.253 e. The Kier molecular flexibility index (Phi) is 7.06. The fraction of sp³-hybridized carbons (Fsp3) is 0.409. The third kappa shape index (κ3) is 4.79. The molecule has 162 valence electrons. The molecule has 0 aliphatic carbocycles. The number of rotatable bonds is 6. The molecule has 1 unspecified atom stereocenters. The fourth-order valence-electron chi connectivity index (χ4n) is 3.75. The monoisotopic (exact) mass is 450 g/mol. The van der Waals surface area contributed by atoms with Gasteiger partial charge in [-0.25, -0.2) is 8.42 Å². The Morgan fingerprint density at radius 3 is 2.53 bits per heavy atom. The zero-order valence-electron chi connectivity index (χ0n) is 17.5. The Bertz CT molecular complexity index is 1010. The number of halogens is 1. The second-order valence-electron chi connectivity index (χ2n) is 7.60.